The van der Waals surface area contributed by atoms with Gasteiger partial charge in [-0.3, -0.25) is 14.4 Å². The maximum Gasteiger partial charge on any atom is 0.326 e. The van der Waals surface area contributed by atoms with Crippen LogP contribution >= 0.6 is 11.8 Å². The van der Waals surface area contributed by atoms with Crippen molar-refractivity contribution in [2.75, 3.05) is 18.6 Å². The number of carboxylic acid groups (broad SMARTS) is 1. The standard InChI is InChI=1S/C16H28N4O5S/c1-9(17)13(21)18-10(2)14(22)19-11(6-8-26-3)15(23)20-7-4-5-12(20)16(24)25/h9-12H,4-8,17H2,1-3H3,(H,18,21)(H,19,22)(H,24,25). The molecule has 0 saturated carbocycles. The third-order valence-electron chi connectivity index (χ3n) is 4.21. The van der Waals surface area contributed by atoms with Crippen molar-refractivity contribution < 1.29 is 24.3 Å². The molecule has 0 radical (unpaired) electrons. The average molecular weight is 388 g/mol. The van der Waals surface area contributed by atoms with Crippen LogP contribution in [-0.4, -0.2) is 76.4 Å². The molecule has 26 heavy (non-hydrogen) atoms. The number of likely N-dealkylation sites (tertiary alicyclic amines) is 1. The van der Waals surface area contributed by atoms with E-state index in [2.05, 4.69) is 10.6 Å². The Morgan fingerprint density at radius 3 is 2.42 bits per heavy atom. The lowest BCUT2D eigenvalue weighted by atomic mass is 10.1. The monoisotopic (exact) mass is 388 g/mol. The lowest BCUT2D eigenvalue weighted by Crippen LogP contribution is -2.56. The van der Waals surface area contributed by atoms with Gasteiger partial charge < -0.3 is 26.4 Å². The molecule has 148 valence electrons. The molecule has 1 aliphatic heterocycles. The molecule has 4 unspecified atom stereocenters. The van der Waals surface area contributed by atoms with Crippen molar-refractivity contribution in [1.29, 1.82) is 0 Å². The van der Waals surface area contributed by atoms with Gasteiger partial charge in [0.05, 0.1) is 6.04 Å². The van der Waals surface area contributed by atoms with Crippen molar-refractivity contribution in [3.8, 4) is 0 Å². The summed E-state index contributed by atoms with van der Waals surface area (Å²) in [6.07, 6.45) is 3.28. The molecule has 10 heteroatoms. The van der Waals surface area contributed by atoms with Gasteiger partial charge in [-0.1, -0.05) is 0 Å². The number of amides is 3. The summed E-state index contributed by atoms with van der Waals surface area (Å²) in [7, 11) is 0. The largest absolute Gasteiger partial charge is 0.480 e. The van der Waals surface area contributed by atoms with E-state index in [4.69, 9.17) is 5.73 Å². The quantitative estimate of drug-likeness (QED) is 0.403. The van der Waals surface area contributed by atoms with Crippen LogP contribution in [0.3, 0.4) is 0 Å². The molecule has 9 nitrogen and oxygen atoms in total. The minimum atomic E-state index is -1.04. The van der Waals surface area contributed by atoms with E-state index in [9.17, 15) is 24.3 Å². The fraction of sp³-hybridized carbons (Fsp3) is 0.750. The molecule has 0 aromatic carbocycles. The smallest absolute Gasteiger partial charge is 0.326 e. The third-order valence-corrected chi connectivity index (χ3v) is 4.86. The highest BCUT2D eigenvalue weighted by Gasteiger charge is 2.37. The number of nitrogens with one attached hydrogen (secondary N) is 2. The number of carboxylic acids is 1. The maximum atomic E-state index is 12.8. The van der Waals surface area contributed by atoms with Gasteiger partial charge in [0.15, 0.2) is 0 Å². The van der Waals surface area contributed by atoms with Gasteiger partial charge in [-0.25, -0.2) is 4.79 Å². The van der Waals surface area contributed by atoms with Crippen LogP contribution in [0.1, 0.15) is 33.1 Å². The summed E-state index contributed by atoms with van der Waals surface area (Å²) in [6, 6.07) is -3.29. The SMILES string of the molecule is CSCCC(NC(=O)C(C)NC(=O)C(C)N)C(=O)N1CCCC1C(=O)O. The van der Waals surface area contributed by atoms with Crippen LogP contribution in [0.5, 0.6) is 0 Å². The van der Waals surface area contributed by atoms with Crippen LogP contribution in [0.25, 0.3) is 0 Å². The highest BCUT2D eigenvalue weighted by Crippen LogP contribution is 2.19. The van der Waals surface area contributed by atoms with Gasteiger partial charge in [0.25, 0.3) is 0 Å². The molecule has 0 aromatic rings. The van der Waals surface area contributed by atoms with E-state index >= 15 is 0 Å². The van der Waals surface area contributed by atoms with Crippen LogP contribution in [0.15, 0.2) is 0 Å². The number of carbonyl (C=O) groups is 4. The van der Waals surface area contributed by atoms with Gasteiger partial charge in [0, 0.05) is 6.54 Å². The van der Waals surface area contributed by atoms with E-state index in [1.165, 1.54) is 30.5 Å². The Bertz CT molecular complexity index is 543. The summed E-state index contributed by atoms with van der Waals surface area (Å²) in [5.74, 6) is -1.79. The average Bonchev–Trinajstić information content (AvgIpc) is 3.07. The molecule has 4 atom stereocenters. The molecule has 0 aliphatic carbocycles. The van der Waals surface area contributed by atoms with Crippen LogP contribution in [0.2, 0.25) is 0 Å². The molecule has 0 bridgehead atoms. The number of nitrogens with two attached hydrogens (primary N) is 1. The Morgan fingerprint density at radius 2 is 1.88 bits per heavy atom. The molecule has 0 aromatic heterocycles. The fourth-order valence-electron chi connectivity index (χ4n) is 2.69. The van der Waals surface area contributed by atoms with Crippen molar-refractivity contribution in [2.45, 2.75) is 57.3 Å². The molecule has 3 amide bonds. The molecule has 1 heterocycles. The number of carbonyl (C=O) groups excluding carboxylic acids is 3. The Hall–Kier alpha value is -1.81. The number of hydrogen-bond donors (Lipinski definition) is 4. The van der Waals surface area contributed by atoms with E-state index in [0.717, 1.165) is 0 Å². The highest BCUT2D eigenvalue weighted by atomic mass is 32.2. The second kappa shape index (κ2) is 10.4. The summed E-state index contributed by atoms with van der Waals surface area (Å²) < 4.78 is 0. The van der Waals surface area contributed by atoms with Crippen molar-refractivity contribution in [1.82, 2.24) is 15.5 Å². The van der Waals surface area contributed by atoms with E-state index < -0.39 is 47.9 Å². The van der Waals surface area contributed by atoms with Crippen molar-refractivity contribution >= 4 is 35.5 Å². The zero-order valence-corrected chi connectivity index (χ0v) is 16.2. The molecular formula is C16H28N4O5S. The Morgan fingerprint density at radius 1 is 1.23 bits per heavy atom. The Labute approximate surface area is 157 Å². The molecule has 5 N–H and O–H groups in total. The number of hydrogen-bond acceptors (Lipinski definition) is 6. The van der Waals surface area contributed by atoms with Crippen molar-refractivity contribution in [2.24, 2.45) is 5.73 Å². The topological polar surface area (TPSA) is 142 Å². The van der Waals surface area contributed by atoms with Gasteiger partial charge in [0.2, 0.25) is 17.7 Å². The predicted molar refractivity (Wildman–Crippen MR) is 98.6 cm³/mol. The van der Waals surface area contributed by atoms with Crippen LogP contribution < -0.4 is 16.4 Å². The second-order valence-corrected chi connectivity index (χ2v) is 7.38. The summed E-state index contributed by atoms with van der Waals surface area (Å²) in [5.41, 5.74) is 5.46. The van der Waals surface area contributed by atoms with Gasteiger partial charge in [-0.05, 0) is 45.1 Å². The van der Waals surface area contributed by atoms with Crippen molar-refractivity contribution in [3.63, 3.8) is 0 Å². The van der Waals surface area contributed by atoms with Gasteiger partial charge in [-0.15, -0.1) is 0 Å². The summed E-state index contributed by atoms with van der Waals surface area (Å²) in [5, 5.41) is 14.4. The van der Waals surface area contributed by atoms with E-state index in [-0.39, 0.29) is 0 Å². The molecule has 1 fully saturated rings. The fourth-order valence-corrected chi connectivity index (χ4v) is 3.16. The lowest BCUT2D eigenvalue weighted by molar-refractivity contribution is -0.149. The molecule has 1 rings (SSSR count). The highest BCUT2D eigenvalue weighted by molar-refractivity contribution is 7.98. The Balaban J connectivity index is 2.79. The third kappa shape index (κ3) is 6.17. The van der Waals surface area contributed by atoms with E-state index in [0.29, 0.717) is 31.6 Å². The van der Waals surface area contributed by atoms with Gasteiger partial charge in [0.1, 0.15) is 18.1 Å². The first-order chi connectivity index (χ1) is 12.2. The lowest BCUT2D eigenvalue weighted by Gasteiger charge is -2.28. The van der Waals surface area contributed by atoms with Gasteiger partial charge >= 0.3 is 5.97 Å². The normalized spacial score (nSPS) is 20.2. The first kappa shape index (κ1) is 22.2. The van der Waals surface area contributed by atoms with E-state index in [1.54, 1.807) is 0 Å². The molecular weight excluding hydrogens is 360 g/mol. The Kier molecular flexibility index (Phi) is 8.86. The second-order valence-electron chi connectivity index (χ2n) is 6.39. The van der Waals surface area contributed by atoms with E-state index in [1.807, 2.05) is 6.26 Å². The van der Waals surface area contributed by atoms with Gasteiger partial charge in [-0.2, -0.15) is 11.8 Å². The van der Waals surface area contributed by atoms with Crippen LogP contribution in [0.4, 0.5) is 0 Å². The minimum absolute atomic E-state index is 0.360. The number of thioether (sulfide) groups is 1. The minimum Gasteiger partial charge on any atom is -0.480 e. The first-order valence-electron chi connectivity index (χ1n) is 8.57. The predicted octanol–water partition coefficient (Wildman–Crippen LogP) is -0.848. The van der Waals surface area contributed by atoms with Crippen LogP contribution in [0, 0.1) is 0 Å². The van der Waals surface area contributed by atoms with Crippen molar-refractivity contribution in [3.05, 3.63) is 0 Å². The summed E-state index contributed by atoms with van der Waals surface area (Å²) in [6.45, 7) is 3.37. The maximum absolute atomic E-state index is 12.8. The number of rotatable bonds is 9. The number of nitrogens with zero attached hydrogens (tertiary/aromatic N) is 1. The zero-order chi connectivity index (χ0) is 19.9. The number of aliphatic carboxylic acids is 1. The molecule has 1 saturated heterocycles. The summed E-state index contributed by atoms with van der Waals surface area (Å²) >= 11 is 1.52. The zero-order valence-electron chi connectivity index (χ0n) is 15.4. The molecule has 0 spiro atoms. The summed E-state index contributed by atoms with van der Waals surface area (Å²) in [4.78, 5) is 49.4. The molecule has 1 aliphatic rings. The van der Waals surface area contributed by atoms with Crippen LogP contribution in [-0.2, 0) is 19.2 Å². The first-order valence-corrected chi connectivity index (χ1v) is 9.97.